The summed E-state index contributed by atoms with van der Waals surface area (Å²) in [6.45, 7) is 5.39. The number of hydrogen-bond donors (Lipinski definition) is 1. The van der Waals surface area contributed by atoms with Gasteiger partial charge in [0.05, 0.1) is 6.61 Å². The zero-order valence-electron chi connectivity index (χ0n) is 9.78. The first-order chi connectivity index (χ1) is 7.38. The lowest BCUT2D eigenvalue weighted by molar-refractivity contribution is 0.0816. The molecule has 1 aliphatic rings. The first kappa shape index (κ1) is 12.9. The Labute approximate surface area is 92.7 Å². The summed E-state index contributed by atoms with van der Waals surface area (Å²) in [4.78, 5) is 2.44. The normalized spacial score (nSPS) is 22.4. The summed E-state index contributed by atoms with van der Waals surface area (Å²) < 4.78 is 10.5. The smallest absolute Gasteiger partial charge is 0.0593 e. The molecule has 0 bridgehead atoms. The molecular formula is C11H24N2O2. The van der Waals surface area contributed by atoms with Gasteiger partial charge in [0.2, 0.25) is 0 Å². The average Bonchev–Trinajstić information content (AvgIpc) is 2.70. The summed E-state index contributed by atoms with van der Waals surface area (Å²) in [5, 5.41) is 0. The molecule has 4 nitrogen and oxygen atoms in total. The van der Waals surface area contributed by atoms with Crippen molar-refractivity contribution in [2.75, 3.05) is 46.6 Å². The predicted octanol–water partition coefficient (Wildman–Crippen LogP) is 0.463. The van der Waals surface area contributed by atoms with E-state index in [1.807, 2.05) is 0 Å². The van der Waals surface area contributed by atoms with Gasteiger partial charge >= 0.3 is 0 Å². The Morgan fingerprint density at radius 1 is 1.33 bits per heavy atom. The van der Waals surface area contributed by atoms with Crippen LogP contribution in [0.4, 0.5) is 0 Å². The van der Waals surface area contributed by atoms with E-state index in [0.717, 1.165) is 39.3 Å². The number of rotatable bonds is 8. The van der Waals surface area contributed by atoms with Crippen LogP contribution in [-0.4, -0.2) is 57.5 Å². The van der Waals surface area contributed by atoms with Crippen LogP contribution in [0.3, 0.4) is 0 Å². The Bertz CT molecular complexity index is 156. The molecule has 0 aliphatic carbocycles. The number of likely N-dealkylation sites (tertiary alicyclic amines) is 1. The minimum atomic E-state index is 0.590. The van der Waals surface area contributed by atoms with Gasteiger partial charge in [-0.2, -0.15) is 0 Å². The van der Waals surface area contributed by atoms with E-state index in [4.69, 9.17) is 15.2 Å². The van der Waals surface area contributed by atoms with Crippen LogP contribution in [0.2, 0.25) is 0 Å². The van der Waals surface area contributed by atoms with Gasteiger partial charge in [-0.25, -0.2) is 0 Å². The van der Waals surface area contributed by atoms with Gasteiger partial charge in [0, 0.05) is 39.5 Å². The fourth-order valence-electron chi connectivity index (χ4n) is 2.05. The van der Waals surface area contributed by atoms with Gasteiger partial charge in [-0.1, -0.05) is 0 Å². The Hall–Kier alpha value is -0.160. The van der Waals surface area contributed by atoms with Gasteiger partial charge < -0.3 is 15.2 Å². The second-order valence-electron chi connectivity index (χ2n) is 4.03. The van der Waals surface area contributed by atoms with Gasteiger partial charge in [0.1, 0.15) is 0 Å². The molecule has 1 rings (SSSR count). The summed E-state index contributed by atoms with van der Waals surface area (Å²) in [6.07, 6.45) is 3.52. The molecule has 1 saturated heterocycles. The summed E-state index contributed by atoms with van der Waals surface area (Å²) in [6, 6.07) is 0.590. The lowest BCUT2D eigenvalue weighted by atomic mass is 10.2. The second-order valence-corrected chi connectivity index (χ2v) is 4.03. The second kappa shape index (κ2) is 8.05. The third kappa shape index (κ3) is 4.93. The molecule has 1 unspecified atom stereocenters. The molecule has 0 aromatic rings. The van der Waals surface area contributed by atoms with E-state index in [1.54, 1.807) is 7.11 Å². The van der Waals surface area contributed by atoms with Crippen molar-refractivity contribution in [3.63, 3.8) is 0 Å². The van der Waals surface area contributed by atoms with Crippen LogP contribution < -0.4 is 5.73 Å². The summed E-state index contributed by atoms with van der Waals surface area (Å²) in [5.74, 6) is 0. The molecule has 1 aliphatic heterocycles. The van der Waals surface area contributed by atoms with Gasteiger partial charge in [0.25, 0.3) is 0 Å². The largest absolute Gasteiger partial charge is 0.385 e. The quantitative estimate of drug-likeness (QED) is 0.599. The zero-order chi connectivity index (χ0) is 10.9. The zero-order valence-corrected chi connectivity index (χ0v) is 9.78. The van der Waals surface area contributed by atoms with Crippen molar-refractivity contribution in [3.8, 4) is 0 Å². The van der Waals surface area contributed by atoms with Crippen LogP contribution in [0.1, 0.15) is 19.3 Å². The Morgan fingerprint density at radius 2 is 2.20 bits per heavy atom. The van der Waals surface area contributed by atoms with E-state index >= 15 is 0 Å². The molecular weight excluding hydrogens is 192 g/mol. The Balaban J connectivity index is 1.95. The fourth-order valence-corrected chi connectivity index (χ4v) is 2.05. The van der Waals surface area contributed by atoms with Crippen molar-refractivity contribution in [1.29, 1.82) is 0 Å². The summed E-state index contributed by atoms with van der Waals surface area (Å²) in [5.41, 5.74) is 5.70. The Morgan fingerprint density at radius 3 is 2.93 bits per heavy atom. The van der Waals surface area contributed by atoms with E-state index < -0.39 is 0 Å². The first-order valence-electron chi connectivity index (χ1n) is 5.89. The number of hydrogen-bond acceptors (Lipinski definition) is 4. The molecule has 1 fully saturated rings. The minimum absolute atomic E-state index is 0.590. The van der Waals surface area contributed by atoms with E-state index in [0.29, 0.717) is 6.04 Å². The van der Waals surface area contributed by atoms with Crippen molar-refractivity contribution in [2.24, 2.45) is 5.73 Å². The van der Waals surface area contributed by atoms with Crippen molar-refractivity contribution >= 4 is 0 Å². The number of nitrogens with zero attached hydrogens (tertiary/aromatic N) is 1. The third-order valence-electron chi connectivity index (χ3n) is 2.93. The average molecular weight is 216 g/mol. The van der Waals surface area contributed by atoms with Gasteiger partial charge in [0.15, 0.2) is 0 Å². The third-order valence-corrected chi connectivity index (χ3v) is 2.93. The highest BCUT2D eigenvalue weighted by Gasteiger charge is 2.22. The van der Waals surface area contributed by atoms with E-state index in [2.05, 4.69) is 4.90 Å². The Kier molecular flexibility index (Phi) is 6.92. The lowest BCUT2D eigenvalue weighted by Gasteiger charge is -2.22. The van der Waals surface area contributed by atoms with Crippen LogP contribution in [0.5, 0.6) is 0 Å². The van der Waals surface area contributed by atoms with Gasteiger partial charge in [-0.15, -0.1) is 0 Å². The van der Waals surface area contributed by atoms with Crippen molar-refractivity contribution in [1.82, 2.24) is 4.90 Å². The molecule has 0 aromatic heterocycles. The molecule has 0 spiro atoms. The highest BCUT2D eigenvalue weighted by Crippen LogP contribution is 2.15. The molecule has 0 aromatic carbocycles. The van der Waals surface area contributed by atoms with Crippen LogP contribution >= 0.6 is 0 Å². The maximum atomic E-state index is 5.70. The molecule has 1 heterocycles. The molecule has 2 N–H and O–H groups in total. The first-order valence-corrected chi connectivity index (χ1v) is 5.89. The van der Waals surface area contributed by atoms with Crippen molar-refractivity contribution < 1.29 is 9.47 Å². The van der Waals surface area contributed by atoms with Gasteiger partial charge in [-0.05, 0) is 25.8 Å². The van der Waals surface area contributed by atoms with E-state index in [1.165, 1.54) is 19.4 Å². The van der Waals surface area contributed by atoms with E-state index in [-0.39, 0.29) is 0 Å². The monoisotopic (exact) mass is 216 g/mol. The topological polar surface area (TPSA) is 47.7 Å². The molecule has 15 heavy (non-hydrogen) atoms. The highest BCUT2D eigenvalue weighted by molar-refractivity contribution is 4.79. The number of methoxy groups -OCH3 is 1. The maximum Gasteiger partial charge on any atom is 0.0593 e. The lowest BCUT2D eigenvalue weighted by Crippen LogP contribution is -2.37. The molecule has 0 amide bonds. The summed E-state index contributed by atoms with van der Waals surface area (Å²) in [7, 11) is 1.72. The molecule has 0 saturated carbocycles. The number of ether oxygens (including phenoxy) is 2. The molecule has 90 valence electrons. The number of nitrogens with two attached hydrogens (primary N) is 1. The van der Waals surface area contributed by atoms with E-state index in [9.17, 15) is 0 Å². The standard InChI is InChI=1S/C11H24N2O2/c1-14-7-3-8-15-9-6-13-5-2-4-11(13)10-12/h11H,2-10,12H2,1H3. The molecule has 4 heteroatoms. The van der Waals surface area contributed by atoms with Crippen LogP contribution in [-0.2, 0) is 9.47 Å². The van der Waals surface area contributed by atoms with Crippen LogP contribution in [0, 0.1) is 0 Å². The van der Waals surface area contributed by atoms with Crippen molar-refractivity contribution in [3.05, 3.63) is 0 Å². The molecule has 1 atom stereocenters. The summed E-state index contributed by atoms with van der Waals surface area (Å²) >= 11 is 0. The molecule has 0 radical (unpaired) electrons. The van der Waals surface area contributed by atoms with Crippen LogP contribution in [0.25, 0.3) is 0 Å². The predicted molar refractivity (Wildman–Crippen MR) is 61.0 cm³/mol. The van der Waals surface area contributed by atoms with Crippen molar-refractivity contribution in [2.45, 2.75) is 25.3 Å². The SMILES string of the molecule is COCCCOCCN1CCCC1CN. The van der Waals surface area contributed by atoms with Crippen LogP contribution in [0.15, 0.2) is 0 Å². The fraction of sp³-hybridized carbons (Fsp3) is 1.00. The highest BCUT2D eigenvalue weighted by atomic mass is 16.5. The minimum Gasteiger partial charge on any atom is -0.385 e. The van der Waals surface area contributed by atoms with Gasteiger partial charge in [-0.3, -0.25) is 4.90 Å². The maximum absolute atomic E-state index is 5.70.